The Bertz CT molecular complexity index is 358. The van der Waals surface area contributed by atoms with Crippen molar-refractivity contribution < 1.29 is 9.90 Å². The second-order valence-electron chi connectivity index (χ2n) is 3.63. The monoisotopic (exact) mass is 286 g/mol. The number of aliphatic hydroxyl groups is 1. The number of carbonyl (C=O) groups excluding carboxylic acids is 1. The van der Waals surface area contributed by atoms with Crippen LogP contribution in [0.3, 0.4) is 0 Å². The van der Waals surface area contributed by atoms with Crippen LogP contribution in [0.4, 0.5) is 4.79 Å². The fraction of sp³-hybridized carbons (Fsp3) is 0.364. The number of urea groups is 1. The average Bonchev–Trinajstić information content (AvgIpc) is 2.46. The van der Waals surface area contributed by atoms with Gasteiger partial charge in [0, 0.05) is 0 Å². The van der Waals surface area contributed by atoms with Gasteiger partial charge in [-0.2, -0.15) is 0 Å². The number of hydrogen-bond acceptors (Lipinski definition) is 2. The number of rotatable bonds is 2. The molecule has 1 aliphatic rings. The predicted molar refractivity (Wildman–Crippen MR) is 63.0 cm³/mol. The van der Waals surface area contributed by atoms with Crippen molar-refractivity contribution in [1.29, 1.82) is 0 Å². The molecule has 0 bridgehead atoms. The van der Waals surface area contributed by atoms with E-state index in [1.165, 1.54) is 4.46 Å². The molecule has 1 fully saturated rings. The molecule has 2 unspecified atom stereocenters. The van der Waals surface area contributed by atoms with Crippen molar-refractivity contribution in [3.63, 3.8) is 0 Å². The SMILES string of the molecule is O=C1NCC(O)C([Se]c2ccccc2)CN1. The summed E-state index contributed by atoms with van der Waals surface area (Å²) in [5.41, 5.74) is 0. The third-order valence-corrected chi connectivity index (χ3v) is 5.18. The van der Waals surface area contributed by atoms with Crippen LogP contribution in [-0.2, 0) is 0 Å². The van der Waals surface area contributed by atoms with Gasteiger partial charge in [0.25, 0.3) is 0 Å². The molecule has 3 N–H and O–H groups in total. The second kappa shape index (κ2) is 5.34. The molecule has 2 rings (SSSR count). The van der Waals surface area contributed by atoms with Gasteiger partial charge < -0.3 is 0 Å². The summed E-state index contributed by atoms with van der Waals surface area (Å²) in [7, 11) is 0. The maximum absolute atomic E-state index is 11.1. The van der Waals surface area contributed by atoms with Crippen molar-refractivity contribution in [2.75, 3.05) is 13.1 Å². The molecule has 0 spiro atoms. The number of carbonyl (C=O) groups is 1. The van der Waals surface area contributed by atoms with Crippen LogP contribution < -0.4 is 15.1 Å². The van der Waals surface area contributed by atoms with E-state index in [9.17, 15) is 9.90 Å². The first-order chi connectivity index (χ1) is 7.75. The molecule has 0 saturated carbocycles. The van der Waals surface area contributed by atoms with E-state index in [0.717, 1.165) is 0 Å². The standard InChI is InChI=1S/C11H14N2O2Se/c14-9-6-12-11(15)13-7-10(9)16-8-4-2-1-3-5-8/h1-5,9-10,14H,6-7H2,(H2,12,13,15). The third-order valence-electron chi connectivity index (χ3n) is 2.40. The van der Waals surface area contributed by atoms with Crippen molar-refractivity contribution in [3.8, 4) is 0 Å². The Morgan fingerprint density at radius 3 is 2.62 bits per heavy atom. The molecule has 0 radical (unpaired) electrons. The first kappa shape index (κ1) is 11.5. The Morgan fingerprint density at radius 2 is 1.88 bits per heavy atom. The van der Waals surface area contributed by atoms with Crippen LogP contribution in [0.5, 0.6) is 0 Å². The number of hydrogen-bond donors (Lipinski definition) is 3. The van der Waals surface area contributed by atoms with Crippen LogP contribution in [0.2, 0.25) is 4.82 Å². The zero-order valence-corrected chi connectivity index (χ0v) is 10.4. The van der Waals surface area contributed by atoms with Gasteiger partial charge in [-0.1, -0.05) is 0 Å². The summed E-state index contributed by atoms with van der Waals surface area (Å²) in [6.45, 7) is 0.882. The van der Waals surface area contributed by atoms with Crippen molar-refractivity contribution in [2.24, 2.45) is 0 Å². The molecular formula is C11H14N2O2Se. The summed E-state index contributed by atoms with van der Waals surface area (Å²) in [6, 6.07) is 9.91. The Morgan fingerprint density at radius 1 is 1.19 bits per heavy atom. The van der Waals surface area contributed by atoms with E-state index in [1.54, 1.807) is 0 Å². The van der Waals surface area contributed by atoms with Crippen LogP contribution >= 0.6 is 0 Å². The Kier molecular flexibility index (Phi) is 3.83. The zero-order chi connectivity index (χ0) is 11.4. The molecule has 16 heavy (non-hydrogen) atoms. The number of aliphatic hydroxyl groups excluding tert-OH is 1. The zero-order valence-electron chi connectivity index (χ0n) is 8.72. The number of β-amino-alcohol motifs (C(OH)–C–C–N with tert-alkyl or cyclic N) is 1. The van der Waals surface area contributed by atoms with Gasteiger partial charge in [-0.3, -0.25) is 0 Å². The number of nitrogens with one attached hydrogen (secondary N) is 2. The summed E-state index contributed by atoms with van der Waals surface area (Å²) in [6.07, 6.45) is -0.459. The van der Waals surface area contributed by atoms with Crippen LogP contribution in [0.1, 0.15) is 0 Å². The minimum atomic E-state index is -0.459. The van der Waals surface area contributed by atoms with Crippen LogP contribution in [0, 0.1) is 0 Å². The average molecular weight is 285 g/mol. The van der Waals surface area contributed by atoms with Crippen molar-refractivity contribution in [2.45, 2.75) is 10.9 Å². The quantitative estimate of drug-likeness (QED) is 0.640. The molecule has 1 aromatic carbocycles. The van der Waals surface area contributed by atoms with E-state index in [0.29, 0.717) is 13.1 Å². The first-order valence-corrected chi connectivity index (χ1v) is 7.02. The molecule has 1 saturated heterocycles. The fourth-order valence-corrected chi connectivity index (χ4v) is 3.79. The molecule has 1 heterocycles. The fourth-order valence-electron chi connectivity index (χ4n) is 1.51. The molecule has 1 aromatic rings. The van der Waals surface area contributed by atoms with E-state index < -0.39 is 6.10 Å². The second-order valence-corrected chi connectivity index (χ2v) is 6.38. The van der Waals surface area contributed by atoms with Crippen LogP contribution in [-0.4, -0.2) is 45.3 Å². The van der Waals surface area contributed by atoms with Gasteiger partial charge in [0.2, 0.25) is 0 Å². The molecule has 0 aliphatic carbocycles. The number of amides is 2. The van der Waals surface area contributed by atoms with Crippen molar-refractivity contribution in [3.05, 3.63) is 30.3 Å². The van der Waals surface area contributed by atoms with Gasteiger partial charge in [-0.15, -0.1) is 0 Å². The Labute approximate surface area is 101 Å². The molecule has 0 aromatic heterocycles. The van der Waals surface area contributed by atoms with Crippen LogP contribution in [0.15, 0.2) is 30.3 Å². The summed E-state index contributed by atoms with van der Waals surface area (Å²) < 4.78 is 1.25. The van der Waals surface area contributed by atoms with Gasteiger partial charge in [0.1, 0.15) is 0 Å². The Hall–Kier alpha value is -1.03. The third kappa shape index (κ3) is 2.98. The van der Waals surface area contributed by atoms with Gasteiger partial charge in [0.15, 0.2) is 0 Å². The first-order valence-electron chi connectivity index (χ1n) is 5.17. The van der Waals surface area contributed by atoms with Crippen molar-refractivity contribution >= 4 is 25.4 Å². The Balaban J connectivity index is 2.00. The van der Waals surface area contributed by atoms with E-state index in [4.69, 9.17) is 0 Å². The van der Waals surface area contributed by atoms with Gasteiger partial charge in [-0.25, -0.2) is 0 Å². The molecule has 86 valence electrons. The topological polar surface area (TPSA) is 61.4 Å². The van der Waals surface area contributed by atoms with E-state index in [1.807, 2.05) is 18.2 Å². The molecule has 2 atom stereocenters. The molecule has 1 aliphatic heterocycles. The molecule has 2 amide bonds. The van der Waals surface area contributed by atoms with Gasteiger partial charge in [0.05, 0.1) is 0 Å². The molecular weight excluding hydrogens is 271 g/mol. The predicted octanol–water partition coefficient (Wildman–Crippen LogP) is -0.522. The summed E-state index contributed by atoms with van der Waals surface area (Å²) >= 11 is 0.181. The van der Waals surface area contributed by atoms with E-state index in [2.05, 4.69) is 22.8 Å². The van der Waals surface area contributed by atoms with E-state index in [-0.39, 0.29) is 25.8 Å². The minimum absolute atomic E-state index is 0.133. The number of benzene rings is 1. The van der Waals surface area contributed by atoms with Gasteiger partial charge in [-0.05, 0) is 0 Å². The maximum atomic E-state index is 11.1. The molecule has 4 nitrogen and oxygen atoms in total. The van der Waals surface area contributed by atoms with Crippen molar-refractivity contribution in [1.82, 2.24) is 10.6 Å². The van der Waals surface area contributed by atoms with Gasteiger partial charge >= 0.3 is 100 Å². The molecule has 5 heteroatoms. The normalized spacial score (nSPS) is 25.4. The summed E-state index contributed by atoms with van der Waals surface area (Å²) in [5, 5.41) is 15.3. The summed E-state index contributed by atoms with van der Waals surface area (Å²) in [4.78, 5) is 11.2. The van der Waals surface area contributed by atoms with E-state index >= 15 is 0 Å². The summed E-state index contributed by atoms with van der Waals surface area (Å²) in [5.74, 6) is 0. The van der Waals surface area contributed by atoms with Crippen LogP contribution in [0.25, 0.3) is 0 Å².